The lowest BCUT2D eigenvalue weighted by atomic mass is 10.0. The SMILES string of the molecule is [C-]#[N+]C(C)Cc1cccc(CC(C)[N+]#[C-])c1. The summed E-state index contributed by atoms with van der Waals surface area (Å²) >= 11 is 0. The van der Waals surface area contributed by atoms with Gasteiger partial charge in [0.15, 0.2) is 0 Å². The molecule has 0 fully saturated rings. The number of rotatable bonds is 4. The van der Waals surface area contributed by atoms with Crippen LogP contribution in [0.1, 0.15) is 25.0 Å². The molecule has 0 heterocycles. The third-order valence-electron chi connectivity index (χ3n) is 2.49. The second-order valence-electron chi connectivity index (χ2n) is 4.18. The first-order valence-electron chi connectivity index (χ1n) is 5.46. The quantitative estimate of drug-likeness (QED) is 0.676. The standard InChI is InChI=1S/C14H16N2/c1-11(15-3)8-13-6-5-7-14(10-13)9-12(2)16-4/h5-7,10-12H,8-9H2,1-2H3. The van der Waals surface area contributed by atoms with Crippen LogP contribution in [-0.4, -0.2) is 12.1 Å². The molecule has 2 unspecified atom stereocenters. The molecule has 1 aromatic rings. The van der Waals surface area contributed by atoms with Gasteiger partial charge in [-0.15, -0.1) is 0 Å². The maximum atomic E-state index is 6.94. The predicted molar refractivity (Wildman–Crippen MR) is 66.0 cm³/mol. The molecular formula is C14H16N2. The molecule has 1 rings (SSSR count). The monoisotopic (exact) mass is 212 g/mol. The van der Waals surface area contributed by atoms with Crippen molar-refractivity contribution < 1.29 is 0 Å². The van der Waals surface area contributed by atoms with Crippen molar-refractivity contribution >= 4 is 0 Å². The molecule has 0 radical (unpaired) electrons. The summed E-state index contributed by atoms with van der Waals surface area (Å²) in [7, 11) is 0. The molecule has 0 aliphatic rings. The Morgan fingerprint density at radius 3 is 1.81 bits per heavy atom. The molecular weight excluding hydrogens is 196 g/mol. The summed E-state index contributed by atoms with van der Waals surface area (Å²) in [6, 6.07) is 8.30. The van der Waals surface area contributed by atoms with Gasteiger partial charge in [0.2, 0.25) is 12.1 Å². The van der Waals surface area contributed by atoms with E-state index in [-0.39, 0.29) is 12.1 Å². The third kappa shape index (κ3) is 3.75. The van der Waals surface area contributed by atoms with Gasteiger partial charge >= 0.3 is 0 Å². The van der Waals surface area contributed by atoms with Crippen molar-refractivity contribution in [2.24, 2.45) is 0 Å². The third-order valence-corrected chi connectivity index (χ3v) is 2.49. The first kappa shape index (κ1) is 12.3. The Hall–Kier alpha value is -1.80. The van der Waals surface area contributed by atoms with Crippen LogP contribution in [0.3, 0.4) is 0 Å². The van der Waals surface area contributed by atoms with E-state index in [1.807, 2.05) is 32.0 Å². The Kier molecular flexibility index (Phi) is 4.55. The van der Waals surface area contributed by atoms with Crippen LogP contribution in [0, 0.1) is 13.1 Å². The van der Waals surface area contributed by atoms with Gasteiger partial charge in [-0.25, -0.2) is 13.1 Å². The topological polar surface area (TPSA) is 8.72 Å². The fourth-order valence-corrected chi connectivity index (χ4v) is 1.66. The fourth-order valence-electron chi connectivity index (χ4n) is 1.66. The van der Waals surface area contributed by atoms with E-state index in [0.29, 0.717) is 0 Å². The summed E-state index contributed by atoms with van der Waals surface area (Å²) in [5.74, 6) is 0. The Morgan fingerprint density at radius 1 is 1.00 bits per heavy atom. The van der Waals surface area contributed by atoms with Gasteiger partial charge in [0, 0.05) is 26.7 Å². The van der Waals surface area contributed by atoms with E-state index in [4.69, 9.17) is 13.1 Å². The van der Waals surface area contributed by atoms with Crippen molar-refractivity contribution in [1.29, 1.82) is 0 Å². The summed E-state index contributed by atoms with van der Waals surface area (Å²) < 4.78 is 0. The van der Waals surface area contributed by atoms with Gasteiger partial charge in [0.25, 0.3) is 0 Å². The van der Waals surface area contributed by atoms with E-state index in [9.17, 15) is 0 Å². The van der Waals surface area contributed by atoms with E-state index < -0.39 is 0 Å². The molecule has 0 saturated heterocycles. The van der Waals surface area contributed by atoms with E-state index in [1.54, 1.807) is 0 Å². The molecule has 16 heavy (non-hydrogen) atoms. The van der Waals surface area contributed by atoms with Crippen LogP contribution >= 0.6 is 0 Å². The maximum absolute atomic E-state index is 6.94. The van der Waals surface area contributed by atoms with Crippen LogP contribution in [0.4, 0.5) is 0 Å². The molecule has 0 aliphatic carbocycles. The Labute approximate surface area is 97.6 Å². The zero-order valence-electron chi connectivity index (χ0n) is 9.77. The van der Waals surface area contributed by atoms with Crippen LogP contribution in [-0.2, 0) is 12.8 Å². The molecule has 2 nitrogen and oxygen atoms in total. The largest absolute Gasteiger partial charge is 0.314 e. The highest BCUT2D eigenvalue weighted by molar-refractivity contribution is 5.25. The molecule has 0 spiro atoms. The van der Waals surface area contributed by atoms with E-state index in [1.165, 1.54) is 11.1 Å². The molecule has 0 aliphatic heterocycles. The zero-order chi connectivity index (χ0) is 12.0. The number of benzene rings is 1. The minimum atomic E-state index is 0.0357. The highest BCUT2D eigenvalue weighted by atomic mass is 14.7. The molecule has 1 aromatic carbocycles. The Balaban J connectivity index is 2.72. The highest BCUT2D eigenvalue weighted by Crippen LogP contribution is 2.12. The molecule has 0 aromatic heterocycles. The first-order valence-corrected chi connectivity index (χ1v) is 5.46. The van der Waals surface area contributed by atoms with Crippen molar-refractivity contribution in [3.05, 3.63) is 58.2 Å². The summed E-state index contributed by atoms with van der Waals surface area (Å²) in [6.07, 6.45) is 1.59. The molecule has 0 saturated carbocycles. The van der Waals surface area contributed by atoms with Gasteiger partial charge in [-0.3, -0.25) is 0 Å². The van der Waals surface area contributed by atoms with Crippen LogP contribution in [0.25, 0.3) is 9.69 Å². The lowest BCUT2D eigenvalue weighted by Crippen LogP contribution is -2.03. The first-order chi connectivity index (χ1) is 7.65. The number of hydrogen-bond donors (Lipinski definition) is 0. The Morgan fingerprint density at radius 2 is 1.44 bits per heavy atom. The van der Waals surface area contributed by atoms with Crippen molar-refractivity contribution in [3.63, 3.8) is 0 Å². The minimum Gasteiger partial charge on any atom is -0.314 e. The van der Waals surface area contributed by atoms with E-state index >= 15 is 0 Å². The normalized spacial score (nSPS) is 13.5. The van der Waals surface area contributed by atoms with Crippen LogP contribution in [0.5, 0.6) is 0 Å². The van der Waals surface area contributed by atoms with Gasteiger partial charge < -0.3 is 9.69 Å². The lowest BCUT2D eigenvalue weighted by Gasteiger charge is -2.04. The van der Waals surface area contributed by atoms with Crippen LogP contribution in [0.2, 0.25) is 0 Å². The van der Waals surface area contributed by atoms with Crippen LogP contribution < -0.4 is 0 Å². The summed E-state index contributed by atoms with van der Waals surface area (Å²) in [4.78, 5) is 6.98. The average molecular weight is 212 g/mol. The number of nitrogens with zero attached hydrogens (tertiary/aromatic N) is 2. The molecule has 0 N–H and O–H groups in total. The molecule has 2 heteroatoms. The summed E-state index contributed by atoms with van der Waals surface area (Å²) in [5, 5.41) is 0. The molecule has 0 bridgehead atoms. The number of hydrogen-bond acceptors (Lipinski definition) is 0. The van der Waals surface area contributed by atoms with Gasteiger partial charge in [0.1, 0.15) is 0 Å². The van der Waals surface area contributed by atoms with E-state index in [0.717, 1.165) is 12.8 Å². The minimum absolute atomic E-state index is 0.0357. The summed E-state index contributed by atoms with van der Waals surface area (Å²) in [6.45, 7) is 17.7. The van der Waals surface area contributed by atoms with Gasteiger partial charge in [0.05, 0.1) is 0 Å². The smallest absolute Gasteiger partial charge is 0.225 e. The predicted octanol–water partition coefficient (Wildman–Crippen LogP) is 3.39. The van der Waals surface area contributed by atoms with Crippen molar-refractivity contribution in [3.8, 4) is 0 Å². The molecule has 2 atom stereocenters. The average Bonchev–Trinajstić information content (AvgIpc) is 2.29. The molecule has 82 valence electrons. The van der Waals surface area contributed by atoms with Crippen molar-refractivity contribution in [2.45, 2.75) is 38.8 Å². The fraction of sp³-hybridized carbons (Fsp3) is 0.429. The van der Waals surface area contributed by atoms with E-state index in [2.05, 4.69) is 15.8 Å². The Bertz CT molecular complexity index is 386. The van der Waals surface area contributed by atoms with Gasteiger partial charge in [-0.05, 0) is 11.1 Å². The highest BCUT2D eigenvalue weighted by Gasteiger charge is 2.09. The molecule has 0 amide bonds. The van der Waals surface area contributed by atoms with Gasteiger partial charge in [-0.1, -0.05) is 24.3 Å². The zero-order valence-corrected chi connectivity index (χ0v) is 9.77. The van der Waals surface area contributed by atoms with Crippen LogP contribution in [0.15, 0.2) is 24.3 Å². The van der Waals surface area contributed by atoms with Crippen molar-refractivity contribution in [1.82, 2.24) is 0 Å². The van der Waals surface area contributed by atoms with Gasteiger partial charge in [-0.2, -0.15) is 0 Å². The van der Waals surface area contributed by atoms with Crippen molar-refractivity contribution in [2.75, 3.05) is 0 Å². The summed E-state index contributed by atoms with van der Waals surface area (Å²) in [5.41, 5.74) is 2.39. The lowest BCUT2D eigenvalue weighted by molar-refractivity contribution is 0.824. The maximum Gasteiger partial charge on any atom is 0.225 e. The second kappa shape index (κ2) is 5.93. The second-order valence-corrected chi connectivity index (χ2v) is 4.18.